The van der Waals surface area contributed by atoms with Crippen LogP contribution in [0.5, 0.6) is 5.75 Å². The van der Waals surface area contributed by atoms with Crippen molar-refractivity contribution in [1.29, 1.82) is 0 Å². The van der Waals surface area contributed by atoms with Gasteiger partial charge < -0.3 is 15.4 Å². The lowest BCUT2D eigenvalue weighted by Crippen LogP contribution is -2.45. The molecule has 6 rings (SSSR count). The second-order valence-corrected chi connectivity index (χ2v) is 10.8. The molecule has 3 atom stereocenters. The van der Waals surface area contributed by atoms with Gasteiger partial charge in [0, 0.05) is 41.4 Å². The third kappa shape index (κ3) is 4.78. The van der Waals surface area contributed by atoms with Gasteiger partial charge in [0.1, 0.15) is 17.5 Å². The number of amides is 2. The number of carbonyl (C=O) groups excluding carboxylic acids is 2. The van der Waals surface area contributed by atoms with E-state index in [1.807, 2.05) is 47.4 Å². The summed E-state index contributed by atoms with van der Waals surface area (Å²) < 4.78 is 8.45. The van der Waals surface area contributed by atoms with E-state index in [1.165, 1.54) is 5.56 Å². The van der Waals surface area contributed by atoms with Gasteiger partial charge in [0.05, 0.1) is 11.6 Å². The molecule has 2 aliphatic heterocycles. The van der Waals surface area contributed by atoms with Crippen LogP contribution in [0.3, 0.4) is 0 Å². The molecule has 0 spiro atoms. The van der Waals surface area contributed by atoms with Gasteiger partial charge in [-0.3, -0.25) is 14.3 Å². The number of nitrogens with zero attached hydrogens (tertiary/aromatic N) is 3. The molecule has 39 heavy (non-hydrogen) atoms. The number of hydrogen-bond donors (Lipinski definition) is 1. The first-order chi connectivity index (χ1) is 19.1. The Bertz CT molecular complexity index is 1470. The maximum absolute atomic E-state index is 12.0. The van der Waals surface area contributed by atoms with Crippen molar-refractivity contribution in [2.24, 2.45) is 5.73 Å². The van der Waals surface area contributed by atoms with E-state index in [-0.39, 0.29) is 12.1 Å². The van der Waals surface area contributed by atoms with Crippen LogP contribution in [0, 0.1) is 0 Å². The number of rotatable bonds is 9. The molecule has 2 amide bonds. The Morgan fingerprint density at radius 3 is 2.41 bits per heavy atom. The number of benzene rings is 3. The van der Waals surface area contributed by atoms with Gasteiger partial charge in [-0.1, -0.05) is 43.7 Å². The van der Waals surface area contributed by atoms with Gasteiger partial charge in [0.15, 0.2) is 0 Å². The average Bonchev–Trinajstić information content (AvgIpc) is 3.46. The Hall–Kier alpha value is -4.13. The van der Waals surface area contributed by atoms with Crippen LogP contribution in [-0.2, 0) is 4.79 Å². The Morgan fingerprint density at radius 2 is 1.77 bits per heavy atom. The van der Waals surface area contributed by atoms with E-state index in [2.05, 4.69) is 35.9 Å². The average molecular weight is 523 g/mol. The first kappa shape index (κ1) is 25.2. The van der Waals surface area contributed by atoms with E-state index in [0.29, 0.717) is 17.6 Å². The maximum Gasteiger partial charge on any atom is 0.248 e. The van der Waals surface area contributed by atoms with Crippen molar-refractivity contribution in [1.82, 2.24) is 14.7 Å². The topological polar surface area (TPSA) is 90.4 Å². The third-order valence-electron chi connectivity index (χ3n) is 8.33. The highest BCUT2D eigenvalue weighted by molar-refractivity contribution is 6.01. The minimum absolute atomic E-state index is 0.0714. The summed E-state index contributed by atoms with van der Waals surface area (Å²) in [7, 11) is 0. The molecule has 7 heteroatoms. The van der Waals surface area contributed by atoms with Crippen LogP contribution in [0.25, 0.3) is 22.2 Å². The van der Waals surface area contributed by atoms with Gasteiger partial charge in [-0.25, -0.2) is 0 Å². The maximum atomic E-state index is 12.0. The number of fused-ring (bicyclic) bond motifs is 3. The summed E-state index contributed by atoms with van der Waals surface area (Å²) >= 11 is 0. The monoisotopic (exact) mass is 522 g/mol. The number of ether oxygens (including phenoxy) is 1. The summed E-state index contributed by atoms with van der Waals surface area (Å²) in [5, 5.41) is 6.03. The Kier molecular flexibility index (Phi) is 6.81. The molecule has 1 aromatic heterocycles. The van der Waals surface area contributed by atoms with Crippen molar-refractivity contribution in [2.45, 2.75) is 69.7 Å². The summed E-state index contributed by atoms with van der Waals surface area (Å²) in [6.45, 7) is 2.18. The smallest absolute Gasteiger partial charge is 0.248 e. The van der Waals surface area contributed by atoms with Crippen molar-refractivity contribution in [2.75, 3.05) is 0 Å². The summed E-state index contributed by atoms with van der Waals surface area (Å²) in [6, 6.07) is 24.7. The Balaban J connectivity index is 1.33. The second kappa shape index (κ2) is 10.6. The zero-order valence-electron chi connectivity index (χ0n) is 22.2. The quantitative estimate of drug-likeness (QED) is 0.285. The number of carbonyl (C=O) groups is 2. The van der Waals surface area contributed by atoms with Crippen LogP contribution < -0.4 is 10.5 Å². The zero-order chi connectivity index (χ0) is 26.9. The number of nitrogens with two attached hydrogens (primary N) is 1. The van der Waals surface area contributed by atoms with E-state index in [0.717, 1.165) is 72.8 Å². The number of piperidine rings is 1. The van der Waals surface area contributed by atoms with Crippen molar-refractivity contribution in [3.8, 4) is 17.0 Å². The van der Waals surface area contributed by atoms with Crippen LogP contribution in [-0.4, -0.2) is 45.2 Å². The molecule has 0 saturated carbocycles. The number of hydrogen-bond acceptors (Lipinski definition) is 4. The van der Waals surface area contributed by atoms with Crippen LogP contribution >= 0.6 is 0 Å². The van der Waals surface area contributed by atoms with E-state index in [9.17, 15) is 9.59 Å². The Labute approximate surface area is 228 Å². The summed E-state index contributed by atoms with van der Waals surface area (Å²) in [5.41, 5.74) is 10.0. The second-order valence-electron chi connectivity index (χ2n) is 10.8. The standard InChI is InChI=1S/C32H34N4O3/c1-2-6-29(21-7-4-3-5-8-21)36-30-16-11-23(32(33)38)17-28(30)31(34-36)22-9-14-26(15-10-22)39-27-18-24-12-13-25(19-27)35(24)20-37/h3-5,7-11,14-17,20,24-25,27,29H,2,6,12-13,18-19H2,1H3,(H2,33,38)/t24?,25?,27?,29-/m0/s1. The lowest BCUT2D eigenvalue weighted by molar-refractivity contribution is -0.123. The van der Waals surface area contributed by atoms with Crippen LogP contribution in [0.4, 0.5) is 0 Å². The summed E-state index contributed by atoms with van der Waals surface area (Å²) in [6.07, 6.45) is 6.94. The fourth-order valence-electron chi connectivity index (χ4n) is 6.44. The molecule has 2 N–H and O–H groups in total. The molecule has 3 heterocycles. The van der Waals surface area contributed by atoms with Gasteiger partial charge in [-0.05, 0) is 67.3 Å². The highest BCUT2D eigenvalue weighted by Gasteiger charge is 2.40. The largest absolute Gasteiger partial charge is 0.490 e. The molecule has 7 nitrogen and oxygen atoms in total. The first-order valence-electron chi connectivity index (χ1n) is 13.9. The lowest BCUT2D eigenvalue weighted by atomic mass is 10.0. The van der Waals surface area contributed by atoms with Crippen molar-refractivity contribution >= 4 is 23.2 Å². The highest BCUT2D eigenvalue weighted by Crippen LogP contribution is 2.37. The van der Waals surface area contributed by atoms with Crippen LogP contribution in [0.2, 0.25) is 0 Å². The van der Waals surface area contributed by atoms with Crippen molar-refractivity contribution in [3.05, 3.63) is 83.9 Å². The molecular formula is C32H34N4O3. The number of primary amides is 1. The van der Waals surface area contributed by atoms with E-state index >= 15 is 0 Å². The lowest BCUT2D eigenvalue weighted by Gasteiger charge is -2.36. The van der Waals surface area contributed by atoms with E-state index in [4.69, 9.17) is 15.6 Å². The molecule has 3 aromatic carbocycles. The molecule has 0 radical (unpaired) electrons. The number of aromatic nitrogens is 2. The summed E-state index contributed by atoms with van der Waals surface area (Å²) in [4.78, 5) is 25.4. The molecule has 4 aromatic rings. The molecule has 2 bridgehead atoms. The minimum Gasteiger partial charge on any atom is -0.490 e. The molecular weight excluding hydrogens is 488 g/mol. The SMILES string of the molecule is CCC[C@@H](c1ccccc1)n1nc(-c2ccc(OC3CC4CCC(C3)N4C=O)cc2)c2cc(C(N)=O)ccc21. The molecule has 2 saturated heterocycles. The minimum atomic E-state index is -0.456. The third-order valence-corrected chi connectivity index (χ3v) is 8.33. The summed E-state index contributed by atoms with van der Waals surface area (Å²) in [5.74, 6) is 0.361. The van der Waals surface area contributed by atoms with Gasteiger partial charge in [0.25, 0.3) is 0 Å². The predicted octanol–water partition coefficient (Wildman–Crippen LogP) is 5.72. The van der Waals surface area contributed by atoms with E-state index < -0.39 is 5.91 Å². The molecule has 0 aliphatic carbocycles. The van der Waals surface area contributed by atoms with Crippen molar-refractivity contribution in [3.63, 3.8) is 0 Å². The van der Waals surface area contributed by atoms with Crippen molar-refractivity contribution < 1.29 is 14.3 Å². The zero-order valence-corrected chi connectivity index (χ0v) is 22.2. The first-order valence-corrected chi connectivity index (χ1v) is 13.9. The van der Waals surface area contributed by atoms with E-state index in [1.54, 1.807) is 6.07 Å². The molecule has 2 aliphatic rings. The van der Waals surface area contributed by atoms with Gasteiger partial charge in [-0.2, -0.15) is 5.10 Å². The fourth-order valence-corrected chi connectivity index (χ4v) is 6.44. The fraction of sp³-hybridized carbons (Fsp3) is 0.344. The predicted molar refractivity (Wildman–Crippen MR) is 152 cm³/mol. The van der Waals surface area contributed by atoms with Crippen LogP contribution in [0.15, 0.2) is 72.8 Å². The normalized spacial score (nSPS) is 21.2. The highest BCUT2D eigenvalue weighted by atomic mass is 16.5. The van der Waals surface area contributed by atoms with Gasteiger partial charge in [0.2, 0.25) is 12.3 Å². The van der Waals surface area contributed by atoms with Crippen LogP contribution in [0.1, 0.15) is 67.4 Å². The molecule has 2 unspecified atom stereocenters. The Morgan fingerprint density at radius 1 is 1.05 bits per heavy atom. The van der Waals surface area contributed by atoms with Gasteiger partial charge in [-0.15, -0.1) is 0 Å². The molecule has 200 valence electrons. The molecule has 2 fully saturated rings. The van der Waals surface area contributed by atoms with Gasteiger partial charge >= 0.3 is 0 Å².